The molecule has 0 radical (unpaired) electrons. The molecule has 0 atom stereocenters. The third-order valence-corrected chi connectivity index (χ3v) is 1.93. The maximum Gasteiger partial charge on any atom is 0.406 e. The summed E-state index contributed by atoms with van der Waals surface area (Å²) >= 11 is 0. The van der Waals surface area contributed by atoms with Crippen molar-refractivity contribution in [1.29, 1.82) is 0 Å². The normalized spacial score (nSPS) is 11.1. The number of hydrogen-bond donors (Lipinski definition) is 2. The highest BCUT2D eigenvalue weighted by Gasteiger charge is 2.31. The van der Waals surface area contributed by atoms with Crippen LogP contribution in [0.15, 0.2) is 24.3 Å². The van der Waals surface area contributed by atoms with Crippen LogP contribution >= 0.6 is 0 Å². The van der Waals surface area contributed by atoms with Gasteiger partial charge in [-0.3, -0.25) is 0 Å². The van der Waals surface area contributed by atoms with Crippen molar-refractivity contribution in [3.63, 3.8) is 0 Å². The summed E-state index contributed by atoms with van der Waals surface area (Å²) < 4.78 is 36.1. The van der Waals surface area contributed by atoms with Gasteiger partial charge in [-0.05, 0) is 24.3 Å². The van der Waals surface area contributed by atoms with E-state index < -0.39 is 18.8 Å². The van der Waals surface area contributed by atoms with E-state index in [1.807, 2.05) is 0 Å². The molecule has 0 unspecified atom stereocenters. The second-order valence-electron chi connectivity index (χ2n) is 3.52. The first-order chi connectivity index (χ1) is 7.78. The number of hydrogen-bond acceptors (Lipinski definition) is 2. The lowest BCUT2D eigenvalue weighted by Crippen LogP contribution is -2.38. The number of carbonyl (C=O) groups excluding carboxylic acids is 1. The molecule has 0 aliphatic rings. The predicted octanol–water partition coefficient (Wildman–Crippen LogP) is 2.29. The van der Waals surface area contributed by atoms with Crippen LogP contribution in [0.1, 0.15) is 0 Å². The Bertz CT molecular complexity index is 389. The maximum atomic E-state index is 12.0. The SMILES string of the molecule is CN(CC(F)(F)F)C(=O)Nc1ccc(N)cc1. The molecule has 7 heteroatoms. The molecule has 1 rings (SSSR count). The fourth-order valence-electron chi connectivity index (χ4n) is 1.13. The predicted molar refractivity (Wildman–Crippen MR) is 58.6 cm³/mol. The van der Waals surface area contributed by atoms with E-state index in [0.717, 1.165) is 7.05 Å². The molecule has 0 spiro atoms. The number of nitrogens with one attached hydrogen (secondary N) is 1. The van der Waals surface area contributed by atoms with Crippen LogP contribution in [0.4, 0.5) is 29.3 Å². The van der Waals surface area contributed by atoms with Crippen LogP contribution in [0.2, 0.25) is 0 Å². The van der Waals surface area contributed by atoms with E-state index in [1.54, 1.807) is 12.1 Å². The maximum absolute atomic E-state index is 12.0. The van der Waals surface area contributed by atoms with E-state index in [1.165, 1.54) is 12.1 Å². The number of nitrogens with zero attached hydrogens (tertiary/aromatic N) is 1. The number of alkyl halides is 3. The molecule has 94 valence electrons. The highest BCUT2D eigenvalue weighted by atomic mass is 19.4. The van der Waals surface area contributed by atoms with Gasteiger partial charge in [-0.2, -0.15) is 13.2 Å². The topological polar surface area (TPSA) is 58.4 Å². The van der Waals surface area contributed by atoms with Crippen LogP contribution in [-0.2, 0) is 0 Å². The minimum Gasteiger partial charge on any atom is -0.399 e. The zero-order valence-corrected chi connectivity index (χ0v) is 9.08. The van der Waals surface area contributed by atoms with Crippen molar-refractivity contribution in [2.24, 2.45) is 0 Å². The third kappa shape index (κ3) is 4.62. The second kappa shape index (κ2) is 4.94. The van der Waals surface area contributed by atoms with Gasteiger partial charge in [0.2, 0.25) is 0 Å². The minimum absolute atomic E-state index is 0.387. The number of nitrogens with two attached hydrogens (primary N) is 1. The number of benzene rings is 1. The smallest absolute Gasteiger partial charge is 0.399 e. The molecule has 0 aliphatic heterocycles. The van der Waals surface area contributed by atoms with Crippen LogP contribution in [-0.4, -0.2) is 30.7 Å². The van der Waals surface area contributed by atoms with Gasteiger partial charge in [-0.25, -0.2) is 4.79 Å². The van der Waals surface area contributed by atoms with Gasteiger partial charge in [0.05, 0.1) is 0 Å². The van der Waals surface area contributed by atoms with Crippen LogP contribution in [0, 0.1) is 0 Å². The first-order valence-electron chi connectivity index (χ1n) is 4.72. The number of amides is 2. The van der Waals surface area contributed by atoms with Gasteiger partial charge in [0.1, 0.15) is 6.54 Å². The number of carbonyl (C=O) groups is 1. The van der Waals surface area contributed by atoms with E-state index in [-0.39, 0.29) is 0 Å². The van der Waals surface area contributed by atoms with Crippen molar-refractivity contribution in [3.05, 3.63) is 24.3 Å². The fourth-order valence-corrected chi connectivity index (χ4v) is 1.13. The first kappa shape index (κ1) is 13.1. The van der Waals surface area contributed by atoms with Gasteiger partial charge < -0.3 is 16.0 Å². The number of urea groups is 1. The summed E-state index contributed by atoms with van der Waals surface area (Å²) in [6.45, 7) is -1.30. The Balaban J connectivity index is 2.57. The molecule has 0 heterocycles. The van der Waals surface area contributed by atoms with Crippen LogP contribution in [0.25, 0.3) is 0 Å². The standard InChI is InChI=1S/C10H12F3N3O/c1-16(6-10(11,12)13)9(17)15-8-4-2-7(14)3-5-8/h2-5H,6,14H2,1H3,(H,15,17). The Morgan fingerprint density at radius 1 is 1.35 bits per heavy atom. The van der Waals surface area contributed by atoms with Crippen molar-refractivity contribution >= 4 is 17.4 Å². The van der Waals surface area contributed by atoms with Gasteiger partial charge >= 0.3 is 12.2 Å². The van der Waals surface area contributed by atoms with Crippen molar-refractivity contribution in [3.8, 4) is 0 Å². The minimum atomic E-state index is -4.41. The highest BCUT2D eigenvalue weighted by Crippen LogP contribution is 2.16. The lowest BCUT2D eigenvalue weighted by atomic mass is 10.3. The summed E-state index contributed by atoms with van der Waals surface area (Å²) in [5, 5.41) is 2.32. The molecule has 0 aliphatic carbocycles. The number of anilines is 2. The van der Waals surface area contributed by atoms with Gasteiger partial charge in [0.15, 0.2) is 0 Å². The molecule has 0 bridgehead atoms. The quantitative estimate of drug-likeness (QED) is 0.788. The van der Waals surface area contributed by atoms with Gasteiger partial charge in [-0.15, -0.1) is 0 Å². The van der Waals surface area contributed by atoms with Gasteiger partial charge in [-0.1, -0.05) is 0 Å². The largest absolute Gasteiger partial charge is 0.406 e. The molecule has 4 nitrogen and oxygen atoms in total. The third-order valence-electron chi connectivity index (χ3n) is 1.93. The lowest BCUT2D eigenvalue weighted by Gasteiger charge is -2.19. The summed E-state index contributed by atoms with van der Waals surface area (Å²) in [6.07, 6.45) is -4.41. The van der Waals surface area contributed by atoms with Crippen molar-refractivity contribution < 1.29 is 18.0 Å². The molecule has 3 N–H and O–H groups in total. The number of rotatable bonds is 2. The summed E-state index contributed by atoms with van der Waals surface area (Å²) in [4.78, 5) is 11.9. The molecule has 2 amide bonds. The zero-order valence-electron chi connectivity index (χ0n) is 9.08. The molecule has 17 heavy (non-hydrogen) atoms. The summed E-state index contributed by atoms with van der Waals surface area (Å²) in [7, 11) is 1.07. The Labute approximate surface area is 96.2 Å². The van der Waals surface area contributed by atoms with E-state index in [2.05, 4.69) is 5.32 Å². The Hall–Kier alpha value is -1.92. The monoisotopic (exact) mass is 247 g/mol. The Morgan fingerprint density at radius 3 is 2.35 bits per heavy atom. The van der Waals surface area contributed by atoms with Crippen molar-refractivity contribution in [1.82, 2.24) is 4.90 Å². The molecule has 1 aromatic rings. The molecule has 0 saturated heterocycles. The summed E-state index contributed by atoms with van der Waals surface area (Å²) in [5.41, 5.74) is 6.32. The highest BCUT2D eigenvalue weighted by molar-refractivity contribution is 5.89. The van der Waals surface area contributed by atoms with Gasteiger partial charge in [0.25, 0.3) is 0 Å². The summed E-state index contributed by atoms with van der Waals surface area (Å²) in [6, 6.07) is 5.27. The van der Waals surface area contributed by atoms with Crippen LogP contribution < -0.4 is 11.1 Å². The Kier molecular flexibility index (Phi) is 3.82. The molecule has 1 aromatic carbocycles. The van der Waals surface area contributed by atoms with Crippen LogP contribution in [0.3, 0.4) is 0 Å². The van der Waals surface area contributed by atoms with E-state index in [4.69, 9.17) is 5.73 Å². The van der Waals surface area contributed by atoms with E-state index >= 15 is 0 Å². The molecule has 0 saturated carbocycles. The fraction of sp³-hybridized carbons (Fsp3) is 0.300. The summed E-state index contributed by atoms with van der Waals surface area (Å²) in [5.74, 6) is 0. The lowest BCUT2D eigenvalue weighted by molar-refractivity contribution is -0.137. The van der Waals surface area contributed by atoms with Crippen molar-refractivity contribution in [2.75, 3.05) is 24.6 Å². The van der Waals surface area contributed by atoms with E-state index in [0.29, 0.717) is 16.3 Å². The second-order valence-corrected chi connectivity index (χ2v) is 3.52. The average Bonchev–Trinajstić information content (AvgIpc) is 2.19. The first-order valence-corrected chi connectivity index (χ1v) is 4.72. The molecule has 0 fully saturated rings. The Morgan fingerprint density at radius 2 is 1.88 bits per heavy atom. The molecular formula is C10H12F3N3O. The van der Waals surface area contributed by atoms with E-state index in [9.17, 15) is 18.0 Å². The zero-order chi connectivity index (χ0) is 13.1. The van der Waals surface area contributed by atoms with Crippen molar-refractivity contribution in [2.45, 2.75) is 6.18 Å². The number of nitrogen functional groups attached to an aromatic ring is 1. The number of halogens is 3. The van der Waals surface area contributed by atoms with Gasteiger partial charge in [0, 0.05) is 18.4 Å². The van der Waals surface area contributed by atoms with Crippen LogP contribution in [0.5, 0.6) is 0 Å². The molecular weight excluding hydrogens is 235 g/mol. The average molecular weight is 247 g/mol. The molecule has 0 aromatic heterocycles.